The average Bonchev–Trinajstić information content (AvgIpc) is 2.94. The van der Waals surface area contributed by atoms with Crippen LogP contribution < -0.4 is 10.6 Å². The Balaban J connectivity index is 1.54. The lowest BCUT2D eigenvalue weighted by Crippen LogP contribution is -2.16. The van der Waals surface area contributed by atoms with Gasteiger partial charge in [-0.25, -0.2) is 0 Å². The maximum atomic E-state index is 12.3. The van der Waals surface area contributed by atoms with Crippen molar-refractivity contribution < 1.29 is 23.9 Å². The summed E-state index contributed by atoms with van der Waals surface area (Å²) in [7, 11) is 0. The molecule has 0 saturated heterocycles. The second-order valence-electron chi connectivity index (χ2n) is 6.65. The van der Waals surface area contributed by atoms with E-state index in [0.717, 1.165) is 5.56 Å². The molecular formula is C21H20N2O5. The van der Waals surface area contributed by atoms with E-state index in [2.05, 4.69) is 10.6 Å². The first-order chi connectivity index (χ1) is 13.3. The molecule has 2 aromatic rings. The minimum absolute atomic E-state index is 0.0211. The van der Waals surface area contributed by atoms with Gasteiger partial charge in [-0.05, 0) is 48.4 Å². The number of ketones is 1. The van der Waals surface area contributed by atoms with E-state index in [-0.39, 0.29) is 36.5 Å². The van der Waals surface area contributed by atoms with Crippen LogP contribution in [0, 0.1) is 0 Å². The van der Waals surface area contributed by atoms with Crippen LogP contribution in [0.5, 0.6) is 0 Å². The number of benzene rings is 2. The van der Waals surface area contributed by atoms with E-state index >= 15 is 0 Å². The lowest BCUT2D eigenvalue weighted by atomic mass is 9.99. The molecule has 0 unspecified atom stereocenters. The molecule has 1 aliphatic rings. The van der Waals surface area contributed by atoms with E-state index in [1.807, 2.05) is 0 Å². The summed E-state index contributed by atoms with van der Waals surface area (Å²) in [6, 6.07) is 11.7. The molecule has 144 valence electrons. The van der Waals surface area contributed by atoms with Gasteiger partial charge in [0.15, 0.2) is 12.4 Å². The number of amides is 2. The van der Waals surface area contributed by atoms with E-state index in [4.69, 9.17) is 4.74 Å². The van der Waals surface area contributed by atoms with Gasteiger partial charge in [-0.2, -0.15) is 0 Å². The molecule has 7 nitrogen and oxygen atoms in total. The van der Waals surface area contributed by atoms with Crippen molar-refractivity contribution in [2.75, 3.05) is 17.2 Å². The number of fused-ring (bicyclic) bond motifs is 1. The molecule has 7 heteroatoms. The van der Waals surface area contributed by atoms with E-state index in [0.29, 0.717) is 22.5 Å². The lowest BCUT2D eigenvalue weighted by molar-refractivity contribution is -0.141. The van der Waals surface area contributed by atoms with Crippen LogP contribution >= 0.6 is 0 Å². The quantitative estimate of drug-likeness (QED) is 0.593. The van der Waals surface area contributed by atoms with Crippen molar-refractivity contribution in [1.82, 2.24) is 0 Å². The van der Waals surface area contributed by atoms with Crippen molar-refractivity contribution in [3.05, 3.63) is 59.2 Å². The van der Waals surface area contributed by atoms with Crippen molar-refractivity contribution >= 4 is 34.9 Å². The molecular weight excluding hydrogens is 360 g/mol. The highest BCUT2D eigenvalue weighted by molar-refractivity contribution is 6.05. The zero-order chi connectivity index (χ0) is 20.3. The van der Waals surface area contributed by atoms with Crippen LogP contribution in [-0.4, -0.2) is 30.2 Å². The standard InChI is InChI=1S/C21H20N2O5/c1-12-17-10-15(5-8-18(17)23-21(12)27)19(25)11-28-20(26)9-14-3-6-16(7-4-14)22-13(2)24/h3-8,10,12H,9,11H2,1-2H3,(H,22,24)(H,23,27)/t12-/m1/s1. The molecule has 0 saturated carbocycles. The molecule has 2 N–H and O–H groups in total. The topological polar surface area (TPSA) is 102 Å². The number of rotatable bonds is 6. The van der Waals surface area contributed by atoms with Crippen LogP contribution in [0.2, 0.25) is 0 Å². The number of esters is 1. The van der Waals surface area contributed by atoms with Gasteiger partial charge < -0.3 is 15.4 Å². The first kappa shape index (κ1) is 19.3. The van der Waals surface area contributed by atoms with Crippen molar-refractivity contribution in [3.63, 3.8) is 0 Å². The molecule has 1 aliphatic heterocycles. The number of nitrogens with one attached hydrogen (secondary N) is 2. The van der Waals surface area contributed by atoms with E-state index in [9.17, 15) is 19.2 Å². The Kier molecular flexibility index (Phi) is 5.54. The van der Waals surface area contributed by atoms with E-state index < -0.39 is 5.97 Å². The van der Waals surface area contributed by atoms with E-state index in [1.54, 1.807) is 49.4 Å². The summed E-state index contributed by atoms with van der Waals surface area (Å²) in [6.45, 7) is 2.82. The predicted octanol–water partition coefficient (Wildman–Crippen LogP) is 2.67. The average molecular weight is 380 g/mol. The van der Waals surface area contributed by atoms with Crippen LogP contribution in [0.3, 0.4) is 0 Å². The van der Waals surface area contributed by atoms with Crippen LogP contribution in [0.15, 0.2) is 42.5 Å². The summed E-state index contributed by atoms with van der Waals surface area (Å²) in [5, 5.41) is 5.39. The summed E-state index contributed by atoms with van der Waals surface area (Å²) in [5.41, 5.74) is 3.21. The van der Waals surface area contributed by atoms with Crippen LogP contribution in [0.1, 0.15) is 41.3 Å². The summed E-state index contributed by atoms with van der Waals surface area (Å²) < 4.78 is 5.08. The lowest BCUT2D eigenvalue weighted by Gasteiger charge is -2.07. The molecule has 2 aromatic carbocycles. The number of carbonyl (C=O) groups is 4. The van der Waals surface area contributed by atoms with Gasteiger partial charge in [0, 0.05) is 23.9 Å². The minimum atomic E-state index is -0.521. The number of Topliss-reactive ketones (excluding diaryl/α,β-unsaturated/α-hetero) is 1. The number of carbonyl (C=O) groups excluding carboxylic acids is 4. The third-order valence-electron chi connectivity index (χ3n) is 4.48. The fraction of sp³-hybridized carbons (Fsp3) is 0.238. The van der Waals surface area contributed by atoms with Gasteiger partial charge in [-0.15, -0.1) is 0 Å². The van der Waals surface area contributed by atoms with Gasteiger partial charge >= 0.3 is 5.97 Å². The Labute approximate surface area is 162 Å². The molecule has 0 fully saturated rings. The fourth-order valence-electron chi connectivity index (χ4n) is 2.95. The molecule has 0 aliphatic carbocycles. The zero-order valence-electron chi connectivity index (χ0n) is 15.6. The smallest absolute Gasteiger partial charge is 0.310 e. The van der Waals surface area contributed by atoms with Crippen molar-refractivity contribution in [2.24, 2.45) is 0 Å². The second kappa shape index (κ2) is 8.04. The highest BCUT2D eigenvalue weighted by atomic mass is 16.5. The molecule has 28 heavy (non-hydrogen) atoms. The summed E-state index contributed by atoms with van der Waals surface area (Å²) in [4.78, 5) is 47.0. The van der Waals surface area contributed by atoms with Crippen LogP contribution in [0.25, 0.3) is 0 Å². The Bertz CT molecular complexity index is 950. The van der Waals surface area contributed by atoms with Gasteiger partial charge in [0.1, 0.15) is 0 Å². The molecule has 0 radical (unpaired) electrons. The molecule has 3 rings (SSSR count). The van der Waals surface area contributed by atoms with Crippen molar-refractivity contribution in [2.45, 2.75) is 26.2 Å². The Morgan fingerprint density at radius 2 is 1.82 bits per heavy atom. The number of hydrogen-bond donors (Lipinski definition) is 2. The largest absolute Gasteiger partial charge is 0.457 e. The third kappa shape index (κ3) is 4.43. The Morgan fingerprint density at radius 1 is 1.11 bits per heavy atom. The number of ether oxygens (including phenoxy) is 1. The molecule has 1 heterocycles. The molecule has 0 bridgehead atoms. The zero-order valence-corrected chi connectivity index (χ0v) is 15.6. The SMILES string of the molecule is CC(=O)Nc1ccc(CC(=O)OCC(=O)c2ccc3c(c2)[C@@H](C)C(=O)N3)cc1. The normalized spacial score (nSPS) is 14.8. The maximum Gasteiger partial charge on any atom is 0.310 e. The van der Waals surface area contributed by atoms with Crippen molar-refractivity contribution in [3.8, 4) is 0 Å². The Morgan fingerprint density at radius 3 is 2.50 bits per heavy atom. The van der Waals surface area contributed by atoms with Gasteiger partial charge in [-0.3, -0.25) is 19.2 Å². The molecule has 2 amide bonds. The summed E-state index contributed by atoms with van der Waals surface area (Å²) in [5.74, 6) is -1.44. The molecule has 0 spiro atoms. The van der Waals surface area contributed by atoms with Gasteiger partial charge in [0.05, 0.1) is 12.3 Å². The van der Waals surface area contributed by atoms with Crippen molar-refractivity contribution in [1.29, 1.82) is 0 Å². The predicted molar refractivity (Wildman–Crippen MR) is 103 cm³/mol. The maximum absolute atomic E-state index is 12.3. The fourth-order valence-corrected chi connectivity index (χ4v) is 2.95. The first-order valence-corrected chi connectivity index (χ1v) is 8.83. The second-order valence-corrected chi connectivity index (χ2v) is 6.65. The van der Waals surface area contributed by atoms with Gasteiger partial charge in [0.25, 0.3) is 0 Å². The number of anilines is 2. The van der Waals surface area contributed by atoms with Gasteiger partial charge in [0.2, 0.25) is 11.8 Å². The molecule has 1 atom stereocenters. The Hall–Kier alpha value is -3.48. The van der Waals surface area contributed by atoms with Crippen LogP contribution in [-0.2, 0) is 25.5 Å². The minimum Gasteiger partial charge on any atom is -0.457 e. The summed E-state index contributed by atoms with van der Waals surface area (Å²) >= 11 is 0. The summed E-state index contributed by atoms with van der Waals surface area (Å²) in [6.07, 6.45) is 0.0211. The van der Waals surface area contributed by atoms with E-state index in [1.165, 1.54) is 6.92 Å². The van der Waals surface area contributed by atoms with Crippen LogP contribution in [0.4, 0.5) is 11.4 Å². The molecule has 0 aromatic heterocycles. The monoisotopic (exact) mass is 380 g/mol. The third-order valence-corrected chi connectivity index (χ3v) is 4.48. The highest BCUT2D eigenvalue weighted by Crippen LogP contribution is 2.32. The van der Waals surface area contributed by atoms with Gasteiger partial charge in [-0.1, -0.05) is 12.1 Å². The number of hydrogen-bond acceptors (Lipinski definition) is 5. The first-order valence-electron chi connectivity index (χ1n) is 8.83. The highest BCUT2D eigenvalue weighted by Gasteiger charge is 2.27.